The normalized spacial score (nSPS) is 23.6. The molecule has 1 unspecified atom stereocenters. The fourth-order valence-electron chi connectivity index (χ4n) is 4.19. The summed E-state index contributed by atoms with van der Waals surface area (Å²) >= 11 is 0. The third-order valence-electron chi connectivity index (χ3n) is 5.50. The minimum Gasteiger partial charge on any atom is -0.354 e. The summed E-state index contributed by atoms with van der Waals surface area (Å²) in [5, 5.41) is 0. The molecule has 0 N–H and O–H groups in total. The van der Waals surface area contributed by atoms with Crippen LogP contribution in [0.3, 0.4) is 0 Å². The van der Waals surface area contributed by atoms with Gasteiger partial charge in [-0.25, -0.2) is 0 Å². The Morgan fingerprint density at radius 2 is 1.68 bits per heavy atom. The molecular formula is C19H30N2O. The molecule has 1 aromatic heterocycles. The fraction of sp³-hybridized carbons (Fsp3) is 0.737. The molecule has 3 rings (SSSR count). The molecule has 0 radical (unpaired) electrons. The van der Waals surface area contributed by atoms with Gasteiger partial charge in [-0.2, -0.15) is 0 Å². The average Bonchev–Trinajstić information content (AvgIpc) is 3.07. The lowest BCUT2D eigenvalue weighted by molar-refractivity contribution is -0.133. The Hall–Kier alpha value is -1.25. The second-order valence-electron chi connectivity index (χ2n) is 7.27. The zero-order valence-corrected chi connectivity index (χ0v) is 13.8. The molecule has 2 heterocycles. The van der Waals surface area contributed by atoms with Crippen molar-refractivity contribution in [2.75, 3.05) is 13.1 Å². The minimum absolute atomic E-state index is 0.405. The smallest absolute Gasteiger partial charge is 0.222 e. The average molecular weight is 302 g/mol. The number of nitrogens with zero attached hydrogens (tertiary/aromatic N) is 2. The van der Waals surface area contributed by atoms with Crippen LogP contribution in [0.5, 0.6) is 0 Å². The summed E-state index contributed by atoms with van der Waals surface area (Å²) in [6, 6.07) is 4.16. The summed E-state index contributed by atoms with van der Waals surface area (Å²) in [5.74, 6) is 1.85. The summed E-state index contributed by atoms with van der Waals surface area (Å²) in [5.41, 5.74) is 0. The van der Waals surface area contributed by atoms with E-state index in [1.165, 1.54) is 44.9 Å². The Morgan fingerprint density at radius 1 is 0.955 bits per heavy atom. The maximum absolute atomic E-state index is 12.5. The highest BCUT2D eigenvalue weighted by atomic mass is 16.2. The summed E-state index contributed by atoms with van der Waals surface area (Å²) in [6.07, 6.45) is 15.4. The molecule has 2 fully saturated rings. The second kappa shape index (κ2) is 7.85. The van der Waals surface area contributed by atoms with Crippen molar-refractivity contribution in [3.8, 4) is 0 Å². The highest BCUT2D eigenvalue weighted by Crippen LogP contribution is 2.28. The van der Waals surface area contributed by atoms with E-state index in [2.05, 4.69) is 34.0 Å². The van der Waals surface area contributed by atoms with Crippen molar-refractivity contribution in [3.63, 3.8) is 0 Å². The Bertz CT molecular complexity index is 448. The number of carbonyl (C=O) groups excluding carboxylic acids is 1. The number of hydrogen-bond donors (Lipinski definition) is 0. The van der Waals surface area contributed by atoms with Gasteiger partial charge in [0.05, 0.1) is 0 Å². The number of rotatable bonds is 5. The highest BCUT2D eigenvalue weighted by Gasteiger charge is 2.24. The number of likely N-dealkylation sites (tertiary alicyclic amines) is 1. The molecule has 0 bridgehead atoms. The van der Waals surface area contributed by atoms with E-state index in [1.54, 1.807) is 0 Å². The van der Waals surface area contributed by atoms with Gasteiger partial charge < -0.3 is 9.47 Å². The first kappa shape index (κ1) is 15.6. The molecule has 3 heteroatoms. The monoisotopic (exact) mass is 302 g/mol. The quantitative estimate of drug-likeness (QED) is 0.804. The zero-order chi connectivity index (χ0) is 15.2. The van der Waals surface area contributed by atoms with Crippen molar-refractivity contribution < 1.29 is 4.79 Å². The third-order valence-corrected chi connectivity index (χ3v) is 5.50. The van der Waals surface area contributed by atoms with E-state index in [0.29, 0.717) is 11.8 Å². The van der Waals surface area contributed by atoms with Crippen LogP contribution in [0.25, 0.3) is 0 Å². The summed E-state index contributed by atoms with van der Waals surface area (Å²) in [4.78, 5) is 14.6. The van der Waals surface area contributed by atoms with E-state index in [9.17, 15) is 4.79 Å². The lowest BCUT2D eigenvalue weighted by atomic mass is 9.86. The second-order valence-corrected chi connectivity index (χ2v) is 7.27. The predicted molar refractivity (Wildman–Crippen MR) is 89.5 cm³/mol. The van der Waals surface area contributed by atoms with Gasteiger partial charge in [0.1, 0.15) is 0 Å². The van der Waals surface area contributed by atoms with Crippen LogP contribution in [0.15, 0.2) is 24.5 Å². The van der Waals surface area contributed by atoms with E-state index in [1.807, 2.05) is 0 Å². The lowest BCUT2D eigenvalue weighted by Gasteiger charge is -2.33. The Morgan fingerprint density at radius 3 is 2.45 bits per heavy atom. The SMILES string of the molecule is O=C(CCC1CCCCC1)N1CCCC(Cn2cccc2)C1. The Balaban J connectivity index is 1.43. The fourth-order valence-corrected chi connectivity index (χ4v) is 4.19. The number of carbonyl (C=O) groups is 1. The van der Waals surface area contributed by atoms with Crippen LogP contribution in [-0.2, 0) is 11.3 Å². The molecule has 1 amide bonds. The number of amides is 1. The van der Waals surface area contributed by atoms with E-state index in [4.69, 9.17) is 0 Å². The number of piperidine rings is 1. The highest BCUT2D eigenvalue weighted by molar-refractivity contribution is 5.76. The Labute approximate surface area is 134 Å². The van der Waals surface area contributed by atoms with E-state index >= 15 is 0 Å². The van der Waals surface area contributed by atoms with Crippen LogP contribution in [0, 0.1) is 11.8 Å². The largest absolute Gasteiger partial charge is 0.354 e. The molecule has 0 aromatic carbocycles. The first-order valence-electron chi connectivity index (χ1n) is 9.20. The Kier molecular flexibility index (Phi) is 5.58. The van der Waals surface area contributed by atoms with Crippen molar-refractivity contribution in [3.05, 3.63) is 24.5 Å². The van der Waals surface area contributed by atoms with Crippen molar-refractivity contribution in [2.45, 2.75) is 64.3 Å². The van der Waals surface area contributed by atoms with Crippen LogP contribution in [0.4, 0.5) is 0 Å². The molecule has 3 nitrogen and oxygen atoms in total. The number of hydrogen-bond acceptors (Lipinski definition) is 1. The molecule has 22 heavy (non-hydrogen) atoms. The van der Waals surface area contributed by atoms with Crippen molar-refractivity contribution in [1.29, 1.82) is 0 Å². The topological polar surface area (TPSA) is 25.2 Å². The van der Waals surface area contributed by atoms with Gasteiger partial charge in [-0.1, -0.05) is 32.1 Å². The molecule has 1 aliphatic heterocycles. The molecule has 122 valence electrons. The molecule has 1 aliphatic carbocycles. The molecule has 1 saturated carbocycles. The molecule has 1 saturated heterocycles. The molecule has 2 aliphatic rings. The van der Waals surface area contributed by atoms with Crippen LogP contribution in [0.2, 0.25) is 0 Å². The van der Waals surface area contributed by atoms with Gasteiger partial charge in [0.15, 0.2) is 0 Å². The molecule has 1 aromatic rings. The van der Waals surface area contributed by atoms with E-state index in [-0.39, 0.29) is 0 Å². The molecular weight excluding hydrogens is 272 g/mol. The van der Waals surface area contributed by atoms with Gasteiger partial charge in [-0.15, -0.1) is 0 Å². The van der Waals surface area contributed by atoms with Crippen LogP contribution < -0.4 is 0 Å². The van der Waals surface area contributed by atoms with Crippen molar-refractivity contribution >= 4 is 5.91 Å². The zero-order valence-electron chi connectivity index (χ0n) is 13.8. The van der Waals surface area contributed by atoms with Gasteiger partial charge in [0, 0.05) is 38.4 Å². The summed E-state index contributed by atoms with van der Waals surface area (Å²) in [7, 11) is 0. The van der Waals surface area contributed by atoms with Gasteiger partial charge in [0.25, 0.3) is 0 Å². The lowest BCUT2D eigenvalue weighted by Crippen LogP contribution is -2.41. The van der Waals surface area contributed by atoms with Gasteiger partial charge in [0.2, 0.25) is 5.91 Å². The third kappa shape index (κ3) is 4.37. The maximum atomic E-state index is 12.5. The first-order valence-corrected chi connectivity index (χ1v) is 9.20. The predicted octanol–water partition coefficient (Wildman–Crippen LogP) is 4.09. The standard InChI is InChI=1S/C19H30N2O/c22-19(11-10-17-7-2-1-3-8-17)21-14-6-9-18(16-21)15-20-12-4-5-13-20/h4-5,12-13,17-18H,1-3,6-11,14-16H2. The van der Waals surface area contributed by atoms with Gasteiger partial charge in [-0.3, -0.25) is 4.79 Å². The van der Waals surface area contributed by atoms with Crippen molar-refractivity contribution in [1.82, 2.24) is 9.47 Å². The van der Waals surface area contributed by atoms with Crippen molar-refractivity contribution in [2.24, 2.45) is 11.8 Å². The number of aromatic nitrogens is 1. The van der Waals surface area contributed by atoms with Crippen LogP contribution in [-0.4, -0.2) is 28.5 Å². The van der Waals surface area contributed by atoms with Crippen LogP contribution >= 0.6 is 0 Å². The van der Waals surface area contributed by atoms with E-state index in [0.717, 1.165) is 38.4 Å². The molecule has 0 spiro atoms. The first-order chi connectivity index (χ1) is 10.8. The van der Waals surface area contributed by atoms with E-state index < -0.39 is 0 Å². The molecule has 1 atom stereocenters. The minimum atomic E-state index is 0.405. The maximum Gasteiger partial charge on any atom is 0.222 e. The van der Waals surface area contributed by atoms with Gasteiger partial charge in [-0.05, 0) is 43.2 Å². The van der Waals surface area contributed by atoms with Gasteiger partial charge >= 0.3 is 0 Å². The van der Waals surface area contributed by atoms with Crippen LogP contribution in [0.1, 0.15) is 57.8 Å². The summed E-state index contributed by atoms with van der Waals surface area (Å²) in [6.45, 7) is 2.99. The summed E-state index contributed by atoms with van der Waals surface area (Å²) < 4.78 is 2.25.